The van der Waals surface area contributed by atoms with Gasteiger partial charge in [0.2, 0.25) is 5.91 Å². The van der Waals surface area contributed by atoms with Crippen molar-refractivity contribution in [3.8, 4) is 5.75 Å². The van der Waals surface area contributed by atoms with Crippen LogP contribution in [0, 0.1) is 0 Å². The molecule has 0 saturated carbocycles. The first kappa shape index (κ1) is 19.0. The Kier molecular flexibility index (Phi) is 7.44. The van der Waals surface area contributed by atoms with Crippen molar-refractivity contribution in [2.45, 2.75) is 25.9 Å². The van der Waals surface area contributed by atoms with Gasteiger partial charge < -0.3 is 9.84 Å². The summed E-state index contributed by atoms with van der Waals surface area (Å²) in [7, 11) is 0. The van der Waals surface area contributed by atoms with E-state index in [0.29, 0.717) is 18.1 Å². The van der Waals surface area contributed by atoms with Crippen molar-refractivity contribution in [3.05, 3.63) is 64.7 Å². The first-order chi connectivity index (χ1) is 12.1. The van der Waals surface area contributed by atoms with Gasteiger partial charge in [-0.15, -0.1) is 0 Å². The summed E-state index contributed by atoms with van der Waals surface area (Å²) in [6.07, 6.45) is 1.29. The molecular weight excluding hydrogens is 340 g/mol. The fraction of sp³-hybridized carbons (Fsp3) is 0.263. The van der Waals surface area contributed by atoms with Crippen LogP contribution in [-0.4, -0.2) is 23.8 Å². The Balaban J connectivity index is 1.77. The molecule has 0 aliphatic rings. The second kappa shape index (κ2) is 9.81. The second-order valence-corrected chi connectivity index (χ2v) is 5.84. The molecule has 0 heterocycles. The Morgan fingerprint density at radius 2 is 2.08 bits per heavy atom. The Bertz CT molecular complexity index is 717. The van der Waals surface area contributed by atoms with Gasteiger partial charge in [-0.05, 0) is 48.7 Å². The SMILES string of the molecule is CCOc1ccc([C@H](O)CCC(=O)N/N=C/c2cccc(Cl)c2)cc1. The van der Waals surface area contributed by atoms with Crippen LogP contribution in [0.3, 0.4) is 0 Å². The zero-order valence-electron chi connectivity index (χ0n) is 14.0. The molecule has 0 spiro atoms. The third-order valence-electron chi connectivity index (χ3n) is 3.47. The molecule has 0 aliphatic carbocycles. The number of nitrogens with zero attached hydrogens (tertiary/aromatic N) is 1. The Morgan fingerprint density at radius 1 is 1.32 bits per heavy atom. The maximum atomic E-state index is 11.8. The van der Waals surface area contributed by atoms with Gasteiger partial charge in [0.05, 0.1) is 18.9 Å². The van der Waals surface area contributed by atoms with E-state index < -0.39 is 6.10 Å². The highest BCUT2D eigenvalue weighted by Crippen LogP contribution is 2.21. The van der Waals surface area contributed by atoms with E-state index in [2.05, 4.69) is 10.5 Å². The molecule has 0 bridgehead atoms. The number of hydrazone groups is 1. The molecule has 0 aromatic heterocycles. The first-order valence-corrected chi connectivity index (χ1v) is 8.44. The smallest absolute Gasteiger partial charge is 0.240 e. The number of hydrogen-bond acceptors (Lipinski definition) is 4. The topological polar surface area (TPSA) is 70.9 Å². The average molecular weight is 361 g/mol. The molecule has 0 aliphatic heterocycles. The zero-order valence-corrected chi connectivity index (χ0v) is 14.7. The summed E-state index contributed by atoms with van der Waals surface area (Å²) >= 11 is 5.87. The number of carbonyl (C=O) groups excluding carboxylic acids is 1. The molecule has 1 atom stereocenters. The largest absolute Gasteiger partial charge is 0.494 e. The maximum absolute atomic E-state index is 11.8. The molecule has 0 fully saturated rings. The van der Waals surface area contributed by atoms with E-state index in [-0.39, 0.29) is 12.3 Å². The van der Waals surface area contributed by atoms with Crippen LogP contribution < -0.4 is 10.2 Å². The number of aliphatic hydroxyl groups excluding tert-OH is 1. The van der Waals surface area contributed by atoms with Gasteiger partial charge in [0, 0.05) is 11.4 Å². The number of nitrogens with one attached hydrogen (secondary N) is 1. The minimum atomic E-state index is -0.710. The molecule has 0 saturated heterocycles. The molecule has 1 amide bonds. The van der Waals surface area contributed by atoms with Gasteiger partial charge in [0.25, 0.3) is 0 Å². The highest BCUT2D eigenvalue weighted by Gasteiger charge is 2.10. The molecule has 5 nitrogen and oxygen atoms in total. The molecule has 2 aromatic rings. The van der Waals surface area contributed by atoms with Crippen molar-refractivity contribution >= 4 is 23.7 Å². The van der Waals surface area contributed by atoms with Gasteiger partial charge in [0.1, 0.15) is 5.75 Å². The van der Waals surface area contributed by atoms with E-state index in [4.69, 9.17) is 16.3 Å². The van der Waals surface area contributed by atoms with Crippen LogP contribution in [0.4, 0.5) is 0 Å². The highest BCUT2D eigenvalue weighted by molar-refractivity contribution is 6.30. The van der Waals surface area contributed by atoms with Gasteiger partial charge in [-0.25, -0.2) is 5.43 Å². The summed E-state index contributed by atoms with van der Waals surface area (Å²) in [4.78, 5) is 11.8. The third-order valence-corrected chi connectivity index (χ3v) is 3.71. The van der Waals surface area contributed by atoms with Crippen molar-refractivity contribution < 1.29 is 14.6 Å². The minimum absolute atomic E-state index is 0.168. The second-order valence-electron chi connectivity index (χ2n) is 5.40. The molecule has 0 radical (unpaired) electrons. The van der Waals surface area contributed by atoms with Gasteiger partial charge in [-0.3, -0.25) is 4.79 Å². The van der Waals surface area contributed by atoms with Crippen molar-refractivity contribution in [1.29, 1.82) is 0 Å². The number of carbonyl (C=O) groups is 1. The summed E-state index contributed by atoms with van der Waals surface area (Å²) < 4.78 is 5.36. The number of aliphatic hydroxyl groups is 1. The van der Waals surface area contributed by atoms with Crippen molar-refractivity contribution in [2.24, 2.45) is 5.10 Å². The van der Waals surface area contributed by atoms with E-state index >= 15 is 0 Å². The standard InChI is InChI=1S/C19H21ClN2O3/c1-2-25-17-8-6-15(7-9-17)18(23)10-11-19(24)22-21-13-14-4-3-5-16(20)12-14/h3-9,12-13,18,23H,2,10-11H2,1H3,(H,22,24)/b21-13+/t18-/m1/s1. The summed E-state index contributed by atoms with van der Waals surface area (Å²) in [6, 6.07) is 14.3. The lowest BCUT2D eigenvalue weighted by molar-refractivity contribution is -0.121. The van der Waals surface area contributed by atoms with Crippen LogP contribution in [-0.2, 0) is 4.79 Å². The molecule has 25 heavy (non-hydrogen) atoms. The summed E-state index contributed by atoms with van der Waals surface area (Å²) in [5.41, 5.74) is 3.98. The quantitative estimate of drug-likeness (QED) is 0.557. The van der Waals surface area contributed by atoms with Crippen LogP contribution in [0.5, 0.6) is 5.75 Å². The number of benzene rings is 2. The van der Waals surface area contributed by atoms with Crippen molar-refractivity contribution in [3.63, 3.8) is 0 Å². The summed E-state index contributed by atoms with van der Waals surface area (Å²) in [6.45, 7) is 2.51. The number of halogens is 1. The van der Waals surface area contributed by atoms with Crippen molar-refractivity contribution in [1.82, 2.24) is 5.43 Å². The van der Waals surface area contributed by atoms with E-state index in [1.807, 2.05) is 13.0 Å². The lowest BCUT2D eigenvalue weighted by atomic mass is 10.0. The Labute approximate surface area is 152 Å². The third kappa shape index (κ3) is 6.57. The minimum Gasteiger partial charge on any atom is -0.494 e. The van der Waals surface area contributed by atoms with Crippen LogP contribution in [0.25, 0.3) is 0 Å². The Morgan fingerprint density at radius 3 is 2.76 bits per heavy atom. The lowest BCUT2D eigenvalue weighted by Gasteiger charge is -2.11. The molecule has 6 heteroatoms. The average Bonchev–Trinajstić information content (AvgIpc) is 2.61. The molecule has 0 unspecified atom stereocenters. The molecule has 2 aromatic carbocycles. The highest BCUT2D eigenvalue weighted by atomic mass is 35.5. The predicted molar refractivity (Wildman–Crippen MR) is 99.0 cm³/mol. The fourth-order valence-electron chi connectivity index (χ4n) is 2.21. The maximum Gasteiger partial charge on any atom is 0.240 e. The number of hydrogen-bond donors (Lipinski definition) is 2. The van der Waals surface area contributed by atoms with E-state index in [9.17, 15) is 9.90 Å². The van der Waals surface area contributed by atoms with Crippen LogP contribution in [0.1, 0.15) is 37.0 Å². The van der Waals surface area contributed by atoms with Crippen LogP contribution >= 0.6 is 11.6 Å². The van der Waals surface area contributed by atoms with Gasteiger partial charge >= 0.3 is 0 Å². The van der Waals surface area contributed by atoms with E-state index in [1.54, 1.807) is 42.5 Å². The number of ether oxygens (including phenoxy) is 1. The molecule has 132 valence electrons. The number of rotatable bonds is 8. The van der Waals surface area contributed by atoms with E-state index in [1.165, 1.54) is 6.21 Å². The number of amides is 1. The van der Waals surface area contributed by atoms with Crippen molar-refractivity contribution in [2.75, 3.05) is 6.61 Å². The summed E-state index contributed by atoms with van der Waals surface area (Å²) in [5, 5.41) is 14.6. The molecule has 2 rings (SSSR count). The van der Waals surface area contributed by atoms with E-state index in [0.717, 1.165) is 16.9 Å². The fourth-order valence-corrected chi connectivity index (χ4v) is 2.41. The van der Waals surface area contributed by atoms with Gasteiger partial charge in [0.15, 0.2) is 0 Å². The zero-order chi connectivity index (χ0) is 18.1. The monoisotopic (exact) mass is 360 g/mol. The summed E-state index contributed by atoms with van der Waals surface area (Å²) in [5.74, 6) is 0.495. The van der Waals surface area contributed by atoms with Gasteiger partial charge in [-0.1, -0.05) is 35.9 Å². The lowest BCUT2D eigenvalue weighted by Crippen LogP contribution is -2.18. The first-order valence-electron chi connectivity index (χ1n) is 8.06. The van der Waals surface area contributed by atoms with Crippen LogP contribution in [0.15, 0.2) is 53.6 Å². The Hall–Kier alpha value is -2.37. The van der Waals surface area contributed by atoms with Crippen LogP contribution in [0.2, 0.25) is 5.02 Å². The molecular formula is C19H21ClN2O3. The molecule has 2 N–H and O–H groups in total. The van der Waals surface area contributed by atoms with Gasteiger partial charge in [-0.2, -0.15) is 5.10 Å². The predicted octanol–water partition coefficient (Wildman–Crippen LogP) is 3.70. The normalized spacial score (nSPS) is 12.1.